The van der Waals surface area contributed by atoms with Gasteiger partial charge >= 0.3 is 0 Å². The molecule has 0 saturated heterocycles. The molecule has 0 N–H and O–H groups in total. The SMILES string of the molecule is C/C(=C\COCc1ccc2c(c1)OCO2)COCc1ccc2c(c1)OCO2. The summed E-state index contributed by atoms with van der Waals surface area (Å²) in [6, 6.07) is 11.7. The van der Waals surface area contributed by atoms with Gasteiger partial charge in [-0.3, -0.25) is 0 Å². The van der Waals surface area contributed by atoms with Gasteiger partial charge in [-0.25, -0.2) is 0 Å². The molecule has 2 aliphatic heterocycles. The fourth-order valence-corrected chi connectivity index (χ4v) is 2.83. The van der Waals surface area contributed by atoms with Crippen LogP contribution in [-0.4, -0.2) is 26.8 Å². The van der Waals surface area contributed by atoms with Gasteiger partial charge in [0.15, 0.2) is 23.0 Å². The Hall–Kier alpha value is -2.70. The first kappa shape index (κ1) is 17.7. The molecule has 0 bridgehead atoms. The molecule has 0 atom stereocenters. The number of rotatable bonds is 8. The average molecular weight is 370 g/mol. The second-order valence-corrected chi connectivity index (χ2v) is 6.43. The molecule has 6 nitrogen and oxygen atoms in total. The van der Waals surface area contributed by atoms with Crippen molar-refractivity contribution in [2.75, 3.05) is 26.8 Å². The Labute approximate surface area is 158 Å². The smallest absolute Gasteiger partial charge is 0.231 e. The first-order valence-electron chi connectivity index (χ1n) is 8.86. The zero-order valence-electron chi connectivity index (χ0n) is 15.2. The maximum Gasteiger partial charge on any atom is 0.231 e. The van der Waals surface area contributed by atoms with E-state index in [1.54, 1.807) is 0 Å². The molecule has 2 heterocycles. The lowest BCUT2D eigenvalue weighted by Gasteiger charge is -2.07. The molecular formula is C21H22O6. The van der Waals surface area contributed by atoms with Crippen LogP contribution in [0.15, 0.2) is 48.0 Å². The lowest BCUT2D eigenvalue weighted by molar-refractivity contribution is 0.135. The Morgan fingerprint density at radius 3 is 2.00 bits per heavy atom. The summed E-state index contributed by atoms with van der Waals surface area (Å²) >= 11 is 0. The summed E-state index contributed by atoms with van der Waals surface area (Å²) in [6.45, 7) is 4.75. The van der Waals surface area contributed by atoms with Gasteiger partial charge in [0.1, 0.15) is 0 Å². The predicted octanol–water partition coefficient (Wildman–Crippen LogP) is 3.82. The van der Waals surface area contributed by atoms with Crippen LogP contribution in [0.25, 0.3) is 0 Å². The van der Waals surface area contributed by atoms with Crippen LogP contribution in [0, 0.1) is 0 Å². The van der Waals surface area contributed by atoms with E-state index >= 15 is 0 Å². The van der Waals surface area contributed by atoms with Crippen LogP contribution >= 0.6 is 0 Å². The highest BCUT2D eigenvalue weighted by atomic mass is 16.7. The largest absolute Gasteiger partial charge is 0.454 e. The van der Waals surface area contributed by atoms with Crippen molar-refractivity contribution in [2.24, 2.45) is 0 Å². The van der Waals surface area contributed by atoms with E-state index in [2.05, 4.69) is 0 Å². The Morgan fingerprint density at radius 1 is 0.815 bits per heavy atom. The number of hydrogen-bond donors (Lipinski definition) is 0. The number of hydrogen-bond acceptors (Lipinski definition) is 6. The molecule has 6 heteroatoms. The van der Waals surface area contributed by atoms with Gasteiger partial charge in [0.2, 0.25) is 13.6 Å². The van der Waals surface area contributed by atoms with Crippen molar-refractivity contribution in [3.63, 3.8) is 0 Å². The lowest BCUT2D eigenvalue weighted by Crippen LogP contribution is -1.99. The van der Waals surface area contributed by atoms with E-state index in [0.29, 0.717) is 26.4 Å². The molecule has 2 aliphatic rings. The van der Waals surface area contributed by atoms with E-state index in [0.717, 1.165) is 39.7 Å². The van der Waals surface area contributed by atoms with Crippen molar-refractivity contribution in [3.05, 3.63) is 59.2 Å². The summed E-state index contributed by atoms with van der Waals surface area (Å²) in [5.74, 6) is 3.13. The maximum absolute atomic E-state index is 5.76. The van der Waals surface area contributed by atoms with Crippen LogP contribution in [-0.2, 0) is 22.7 Å². The zero-order chi connectivity index (χ0) is 18.5. The Kier molecular flexibility index (Phi) is 5.46. The third-order valence-electron chi connectivity index (χ3n) is 4.29. The van der Waals surface area contributed by atoms with Crippen LogP contribution in [0.5, 0.6) is 23.0 Å². The molecule has 0 saturated carbocycles. The third kappa shape index (κ3) is 4.53. The van der Waals surface area contributed by atoms with Gasteiger partial charge in [-0.2, -0.15) is 0 Å². The van der Waals surface area contributed by atoms with Crippen LogP contribution < -0.4 is 18.9 Å². The summed E-state index contributed by atoms with van der Waals surface area (Å²) in [4.78, 5) is 0. The Morgan fingerprint density at radius 2 is 1.37 bits per heavy atom. The highest BCUT2D eigenvalue weighted by molar-refractivity contribution is 5.45. The van der Waals surface area contributed by atoms with E-state index < -0.39 is 0 Å². The molecular weight excluding hydrogens is 348 g/mol. The third-order valence-corrected chi connectivity index (χ3v) is 4.29. The first-order chi connectivity index (χ1) is 13.3. The average Bonchev–Trinajstić information content (AvgIpc) is 3.33. The second kappa shape index (κ2) is 8.33. The quantitative estimate of drug-likeness (QED) is 0.520. The molecule has 0 amide bonds. The van der Waals surface area contributed by atoms with E-state index in [-0.39, 0.29) is 13.6 Å². The first-order valence-corrected chi connectivity index (χ1v) is 8.86. The number of fused-ring (bicyclic) bond motifs is 2. The number of benzene rings is 2. The van der Waals surface area contributed by atoms with Gasteiger partial charge in [0.25, 0.3) is 0 Å². The molecule has 0 aromatic heterocycles. The Bertz CT molecular complexity index is 829. The topological polar surface area (TPSA) is 55.4 Å². The normalized spacial score (nSPS) is 14.6. The van der Waals surface area contributed by atoms with Gasteiger partial charge in [0, 0.05) is 0 Å². The summed E-state index contributed by atoms with van der Waals surface area (Å²) in [5, 5.41) is 0. The van der Waals surface area contributed by atoms with Crippen molar-refractivity contribution in [1.82, 2.24) is 0 Å². The molecule has 0 fully saturated rings. The predicted molar refractivity (Wildman–Crippen MR) is 98.2 cm³/mol. The summed E-state index contributed by atoms with van der Waals surface area (Å²) in [5.41, 5.74) is 3.25. The molecule has 2 aromatic carbocycles. The molecule has 0 spiro atoms. The van der Waals surface area contributed by atoms with Gasteiger partial charge in [0.05, 0.1) is 26.4 Å². The van der Waals surface area contributed by atoms with Crippen molar-refractivity contribution < 1.29 is 28.4 Å². The van der Waals surface area contributed by atoms with Crippen molar-refractivity contribution in [2.45, 2.75) is 20.1 Å². The van der Waals surface area contributed by atoms with Crippen molar-refractivity contribution >= 4 is 0 Å². The van der Waals surface area contributed by atoms with Gasteiger partial charge in [-0.15, -0.1) is 0 Å². The monoisotopic (exact) mass is 370 g/mol. The van der Waals surface area contributed by atoms with Gasteiger partial charge in [-0.05, 0) is 47.9 Å². The fourth-order valence-electron chi connectivity index (χ4n) is 2.83. The number of ether oxygens (including phenoxy) is 6. The minimum Gasteiger partial charge on any atom is -0.454 e. The molecule has 0 radical (unpaired) electrons. The van der Waals surface area contributed by atoms with Gasteiger partial charge in [-0.1, -0.05) is 18.2 Å². The molecule has 0 unspecified atom stereocenters. The van der Waals surface area contributed by atoms with Gasteiger partial charge < -0.3 is 28.4 Å². The van der Waals surface area contributed by atoms with Crippen LogP contribution in [0.2, 0.25) is 0 Å². The highest BCUT2D eigenvalue weighted by Crippen LogP contribution is 2.33. The van der Waals surface area contributed by atoms with Crippen LogP contribution in [0.3, 0.4) is 0 Å². The summed E-state index contributed by atoms with van der Waals surface area (Å²) < 4.78 is 32.8. The van der Waals surface area contributed by atoms with Crippen molar-refractivity contribution in [3.8, 4) is 23.0 Å². The highest BCUT2D eigenvalue weighted by Gasteiger charge is 2.14. The Balaban J connectivity index is 1.16. The van der Waals surface area contributed by atoms with E-state index in [9.17, 15) is 0 Å². The van der Waals surface area contributed by atoms with Crippen molar-refractivity contribution in [1.29, 1.82) is 0 Å². The van der Waals surface area contributed by atoms with E-state index in [1.807, 2.05) is 49.4 Å². The van der Waals surface area contributed by atoms with E-state index in [1.165, 1.54) is 0 Å². The van der Waals surface area contributed by atoms with Crippen LogP contribution in [0.1, 0.15) is 18.1 Å². The standard InChI is InChI=1S/C21H22O6/c1-15(10-23-12-17-3-5-19-21(9-17)27-14-25-19)6-7-22-11-16-2-4-18-20(8-16)26-13-24-18/h2-6,8-9H,7,10-14H2,1H3/b15-6+. The molecule has 0 aliphatic carbocycles. The molecule has 2 aromatic rings. The summed E-state index contributed by atoms with van der Waals surface area (Å²) in [6.07, 6.45) is 2.03. The lowest BCUT2D eigenvalue weighted by atomic mass is 10.2. The maximum atomic E-state index is 5.76. The molecule has 27 heavy (non-hydrogen) atoms. The second-order valence-electron chi connectivity index (χ2n) is 6.43. The fraction of sp³-hybridized carbons (Fsp3) is 0.333. The zero-order valence-corrected chi connectivity index (χ0v) is 15.2. The minimum absolute atomic E-state index is 0.285. The minimum atomic E-state index is 0.285. The summed E-state index contributed by atoms with van der Waals surface area (Å²) in [7, 11) is 0. The molecule has 4 rings (SSSR count). The van der Waals surface area contributed by atoms with Crippen LogP contribution in [0.4, 0.5) is 0 Å². The molecule has 142 valence electrons. The van der Waals surface area contributed by atoms with E-state index in [4.69, 9.17) is 28.4 Å².